The molecule has 0 atom stereocenters. The molecular formula is C22H29N3O3. The molecule has 1 aromatic carbocycles. The van der Waals surface area contributed by atoms with Gasteiger partial charge in [-0.2, -0.15) is 0 Å². The van der Waals surface area contributed by atoms with Crippen molar-refractivity contribution in [3.8, 4) is 0 Å². The molecule has 0 unspecified atom stereocenters. The number of hydrogen-bond donors (Lipinski definition) is 1. The Kier molecular flexibility index (Phi) is 6.89. The summed E-state index contributed by atoms with van der Waals surface area (Å²) in [6.07, 6.45) is 3.54. The zero-order chi connectivity index (χ0) is 20.9. The highest BCUT2D eigenvalue weighted by Crippen LogP contribution is 2.27. The van der Waals surface area contributed by atoms with E-state index >= 15 is 0 Å². The van der Waals surface area contributed by atoms with Crippen molar-refractivity contribution in [2.75, 3.05) is 13.2 Å². The summed E-state index contributed by atoms with van der Waals surface area (Å²) < 4.78 is 4.98. The van der Waals surface area contributed by atoms with Crippen molar-refractivity contribution in [3.63, 3.8) is 0 Å². The van der Waals surface area contributed by atoms with E-state index in [-0.39, 0.29) is 23.6 Å². The number of amides is 1. The maximum absolute atomic E-state index is 12.0. The molecule has 1 amide bonds. The van der Waals surface area contributed by atoms with E-state index in [1.54, 1.807) is 6.92 Å². The molecule has 6 nitrogen and oxygen atoms in total. The second-order valence-corrected chi connectivity index (χ2v) is 8.06. The van der Waals surface area contributed by atoms with E-state index in [0.717, 1.165) is 6.42 Å². The average Bonchev–Trinajstić information content (AvgIpc) is 2.61. The van der Waals surface area contributed by atoms with Gasteiger partial charge in [0.1, 0.15) is 0 Å². The molecule has 1 aromatic heterocycles. The van der Waals surface area contributed by atoms with Crippen molar-refractivity contribution in [1.29, 1.82) is 0 Å². The molecule has 150 valence electrons. The molecule has 1 heterocycles. The Balaban J connectivity index is 1.84. The van der Waals surface area contributed by atoms with E-state index in [0.29, 0.717) is 12.2 Å². The molecule has 0 aliphatic heterocycles. The minimum Gasteiger partial charge on any atom is -0.451 e. The van der Waals surface area contributed by atoms with E-state index < -0.39 is 5.97 Å². The predicted molar refractivity (Wildman–Crippen MR) is 108 cm³/mol. The molecular weight excluding hydrogens is 354 g/mol. The van der Waals surface area contributed by atoms with Crippen LogP contribution in [0.1, 0.15) is 59.2 Å². The first-order valence-corrected chi connectivity index (χ1v) is 9.41. The number of aryl methyl sites for hydroxylation is 3. The molecule has 28 heavy (non-hydrogen) atoms. The van der Waals surface area contributed by atoms with Crippen molar-refractivity contribution in [2.45, 2.75) is 53.4 Å². The van der Waals surface area contributed by atoms with Gasteiger partial charge in [-0.3, -0.25) is 9.78 Å². The minimum absolute atomic E-state index is 0.0867. The summed E-state index contributed by atoms with van der Waals surface area (Å²) in [5, 5.41) is 2.79. The summed E-state index contributed by atoms with van der Waals surface area (Å²) in [5.41, 5.74) is 5.89. The van der Waals surface area contributed by atoms with Crippen LogP contribution in [0, 0.1) is 20.8 Å². The highest BCUT2D eigenvalue weighted by Gasteiger charge is 2.16. The third kappa shape index (κ3) is 5.87. The lowest BCUT2D eigenvalue weighted by Gasteiger charge is -2.22. The summed E-state index contributed by atoms with van der Waals surface area (Å²) in [5.74, 6) is -0.998. The lowest BCUT2D eigenvalue weighted by Crippen LogP contribution is -2.30. The minimum atomic E-state index is -0.660. The van der Waals surface area contributed by atoms with Gasteiger partial charge in [-0.05, 0) is 54.9 Å². The quantitative estimate of drug-likeness (QED) is 0.775. The van der Waals surface area contributed by atoms with E-state index in [9.17, 15) is 9.59 Å². The fourth-order valence-corrected chi connectivity index (χ4v) is 2.90. The number of benzene rings is 1. The van der Waals surface area contributed by atoms with Crippen LogP contribution in [0.4, 0.5) is 0 Å². The van der Waals surface area contributed by atoms with Crippen LogP contribution < -0.4 is 5.32 Å². The Morgan fingerprint density at radius 1 is 1.04 bits per heavy atom. The Bertz CT molecular complexity index is 829. The van der Waals surface area contributed by atoms with E-state index in [4.69, 9.17) is 4.74 Å². The first kappa shape index (κ1) is 21.5. The lowest BCUT2D eigenvalue weighted by molar-refractivity contribution is -0.124. The number of nitrogens with zero attached hydrogens (tertiary/aromatic N) is 2. The molecule has 0 aliphatic carbocycles. The van der Waals surface area contributed by atoms with Crippen molar-refractivity contribution in [2.24, 2.45) is 0 Å². The SMILES string of the molecule is Cc1cnc(C(=O)OCC(=O)NCCc2c(C)cc(C(C)(C)C)cc2C)cn1. The van der Waals surface area contributed by atoms with Crippen molar-refractivity contribution in [3.05, 3.63) is 58.2 Å². The maximum atomic E-state index is 12.0. The number of esters is 1. The number of ether oxygens (including phenoxy) is 1. The molecule has 0 saturated carbocycles. The van der Waals surface area contributed by atoms with E-state index in [1.165, 1.54) is 34.6 Å². The van der Waals surface area contributed by atoms with Crippen LogP contribution in [-0.2, 0) is 21.4 Å². The second-order valence-electron chi connectivity index (χ2n) is 8.06. The van der Waals surface area contributed by atoms with Gasteiger partial charge in [0.25, 0.3) is 5.91 Å². The van der Waals surface area contributed by atoms with Gasteiger partial charge in [0.05, 0.1) is 11.9 Å². The normalized spacial score (nSPS) is 11.2. The van der Waals surface area contributed by atoms with Crippen LogP contribution in [0.5, 0.6) is 0 Å². The van der Waals surface area contributed by atoms with Gasteiger partial charge in [-0.1, -0.05) is 32.9 Å². The van der Waals surface area contributed by atoms with Crippen LogP contribution in [0.3, 0.4) is 0 Å². The van der Waals surface area contributed by atoms with Gasteiger partial charge < -0.3 is 10.1 Å². The zero-order valence-electron chi connectivity index (χ0n) is 17.5. The topological polar surface area (TPSA) is 81.2 Å². The molecule has 0 fully saturated rings. The lowest BCUT2D eigenvalue weighted by atomic mass is 9.83. The molecule has 2 rings (SSSR count). The summed E-state index contributed by atoms with van der Waals surface area (Å²) in [7, 11) is 0. The summed E-state index contributed by atoms with van der Waals surface area (Å²) in [6.45, 7) is 12.7. The van der Waals surface area contributed by atoms with E-state index in [1.807, 2.05) is 0 Å². The Hall–Kier alpha value is -2.76. The number of nitrogens with one attached hydrogen (secondary N) is 1. The number of carbonyl (C=O) groups is 2. The molecule has 0 bridgehead atoms. The highest BCUT2D eigenvalue weighted by molar-refractivity contribution is 5.89. The van der Waals surface area contributed by atoms with Crippen LogP contribution in [0.15, 0.2) is 24.5 Å². The Labute approximate surface area is 166 Å². The van der Waals surface area contributed by atoms with Gasteiger partial charge >= 0.3 is 5.97 Å². The molecule has 0 radical (unpaired) electrons. The first-order valence-electron chi connectivity index (χ1n) is 9.41. The molecule has 0 spiro atoms. The Morgan fingerprint density at radius 2 is 1.68 bits per heavy atom. The van der Waals surface area contributed by atoms with Gasteiger partial charge in [0.15, 0.2) is 12.3 Å². The molecule has 0 aliphatic rings. The number of hydrogen-bond acceptors (Lipinski definition) is 5. The maximum Gasteiger partial charge on any atom is 0.359 e. The molecule has 6 heteroatoms. The standard InChI is InChI=1S/C22H29N3O3/c1-14-9-17(22(4,5)6)10-15(2)18(14)7-8-23-20(26)13-28-21(27)19-12-24-16(3)11-25-19/h9-12H,7-8,13H2,1-6H3,(H,23,26). The summed E-state index contributed by atoms with van der Waals surface area (Å²) >= 11 is 0. The summed E-state index contributed by atoms with van der Waals surface area (Å²) in [4.78, 5) is 31.7. The largest absolute Gasteiger partial charge is 0.451 e. The fraction of sp³-hybridized carbons (Fsp3) is 0.455. The third-order valence-electron chi connectivity index (χ3n) is 4.58. The highest BCUT2D eigenvalue weighted by atomic mass is 16.5. The fourth-order valence-electron chi connectivity index (χ4n) is 2.90. The van der Waals surface area contributed by atoms with Crippen LogP contribution in [0.25, 0.3) is 0 Å². The summed E-state index contributed by atoms with van der Waals surface area (Å²) in [6, 6.07) is 4.43. The first-order chi connectivity index (χ1) is 13.1. The van der Waals surface area contributed by atoms with Crippen LogP contribution in [-0.4, -0.2) is 35.0 Å². The molecule has 2 aromatic rings. The van der Waals surface area contributed by atoms with Crippen molar-refractivity contribution < 1.29 is 14.3 Å². The van der Waals surface area contributed by atoms with Gasteiger partial charge in [0, 0.05) is 12.7 Å². The van der Waals surface area contributed by atoms with Crippen LogP contribution >= 0.6 is 0 Å². The second kappa shape index (κ2) is 8.95. The van der Waals surface area contributed by atoms with Crippen LogP contribution in [0.2, 0.25) is 0 Å². The molecule has 1 N–H and O–H groups in total. The number of carbonyl (C=O) groups excluding carboxylic acids is 2. The van der Waals surface area contributed by atoms with Crippen molar-refractivity contribution >= 4 is 11.9 Å². The molecule has 0 saturated heterocycles. The number of rotatable bonds is 6. The van der Waals surface area contributed by atoms with Crippen molar-refractivity contribution in [1.82, 2.24) is 15.3 Å². The third-order valence-corrected chi connectivity index (χ3v) is 4.58. The monoisotopic (exact) mass is 383 g/mol. The van der Waals surface area contributed by atoms with Gasteiger partial charge in [-0.25, -0.2) is 9.78 Å². The predicted octanol–water partition coefficient (Wildman–Crippen LogP) is 3.22. The van der Waals surface area contributed by atoms with E-state index in [2.05, 4.69) is 62.0 Å². The average molecular weight is 383 g/mol. The Morgan fingerprint density at radius 3 is 2.21 bits per heavy atom. The number of aromatic nitrogens is 2. The smallest absolute Gasteiger partial charge is 0.359 e. The zero-order valence-corrected chi connectivity index (χ0v) is 17.5. The van der Waals surface area contributed by atoms with Gasteiger partial charge in [-0.15, -0.1) is 0 Å². The van der Waals surface area contributed by atoms with Gasteiger partial charge in [0.2, 0.25) is 0 Å².